The Labute approximate surface area is 446 Å². The van der Waals surface area contributed by atoms with Crippen molar-refractivity contribution in [3.8, 4) is 23.3 Å². The Bertz CT molecular complexity index is 2830. The molecular weight excluding hydrogens is 938 g/mol. The van der Waals surface area contributed by atoms with Crippen molar-refractivity contribution >= 4 is 16.1 Å². The number of rotatable bonds is 10. The molecule has 5 aliphatic heterocycles. The molecule has 12 nitrogen and oxygen atoms in total. The fourth-order valence-electron chi connectivity index (χ4n) is 13.9. The predicted octanol–water partition coefficient (Wildman–Crippen LogP) is 4.98. The second-order valence-electron chi connectivity index (χ2n) is 21.9. The van der Waals surface area contributed by atoms with Crippen LogP contribution in [0.25, 0.3) is 0 Å². The van der Waals surface area contributed by atoms with Gasteiger partial charge in [0.15, 0.2) is 5.96 Å². The molecule has 14 heteroatoms. The largest absolute Gasteiger partial charge is 1.00 e. The molecule has 1 saturated carbocycles. The second-order valence-corrected chi connectivity index (χ2v) is 23.4. The van der Waals surface area contributed by atoms with Crippen LogP contribution < -0.4 is 45.8 Å². The van der Waals surface area contributed by atoms with Gasteiger partial charge in [-0.25, -0.2) is 13.4 Å². The van der Waals surface area contributed by atoms with Crippen LogP contribution in [0.5, 0.6) is 11.5 Å². The molecule has 3 aliphatic carbocycles. The Morgan fingerprint density at radius 1 is 0.958 bits per heavy atom. The number of hydrogen-bond acceptors (Lipinski definition) is 10. The first-order valence-corrected chi connectivity index (χ1v) is 27.2. The zero-order valence-corrected chi connectivity index (χ0v) is 44.4. The normalized spacial score (nSPS) is 32.0. The number of aromatic hydroxyl groups is 1. The van der Waals surface area contributed by atoms with Crippen molar-refractivity contribution in [2.45, 2.75) is 131 Å². The standard InChI is InChI=1S/C58H69N3O9S.Na/c1-35-10-11-41-28-47-17-19-49(41)51(35)31-53(71(66,67)68)52-30-43-26-42(29-48-25-38(34-63)8-5-9-40-27-46(64)16-18-50(40)55(43)69-48)54(52)39-12-14-44(15-13-39)58(70-47,61-56(59)60)33-45(21-23-62)57(65)22-20-37(32-57)24-36-6-3-2-4-7-36;/h2-4,6-7,12-19,27-28,30,35,37-38,42,45,48,51-55,62-65H,8,10-11,20-26,29,31-34H2,1H3,(H4,59,60,61)(H,66,67,68);/q;+1/p-1. The van der Waals surface area contributed by atoms with Crippen LogP contribution >= 0.6 is 0 Å². The average Bonchev–Trinajstić information content (AvgIpc) is 3.65. The molecule has 5 heterocycles. The van der Waals surface area contributed by atoms with Crippen molar-refractivity contribution in [3.63, 3.8) is 0 Å². The van der Waals surface area contributed by atoms with E-state index in [4.69, 9.17) is 25.9 Å². The van der Waals surface area contributed by atoms with Crippen molar-refractivity contribution in [3.05, 3.63) is 142 Å². The number of nitrogens with two attached hydrogens (primary N) is 2. The van der Waals surface area contributed by atoms with Crippen LogP contribution in [0.2, 0.25) is 0 Å². The van der Waals surface area contributed by atoms with Gasteiger partial charge >= 0.3 is 29.6 Å². The van der Waals surface area contributed by atoms with Gasteiger partial charge in [-0.1, -0.05) is 91.6 Å². The monoisotopic (exact) mass is 1010 g/mol. The smallest absolute Gasteiger partial charge is 0.748 e. The minimum atomic E-state index is -4.93. The Kier molecular flexibility index (Phi) is 15.8. The third kappa shape index (κ3) is 10.8. The number of aliphatic hydroxyl groups excluding tert-OH is 2. The number of hydrogen-bond donors (Lipinski definition) is 6. The molecule has 4 aromatic carbocycles. The maximum absolute atomic E-state index is 14.2. The van der Waals surface area contributed by atoms with Gasteiger partial charge in [0.1, 0.15) is 17.6 Å². The van der Waals surface area contributed by atoms with Gasteiger partial charge in [-0.2, -0.15) is 0 Å². The summed E-state index contributed by atoms with van der Waals surface area (Å²) in [7, 11) is -4.93. The van der Waals surface area contributed by atoms with E-state index in [1.807, 2.05) is 72.8 Å². The Hall–Kier alpha value is -4.20. The Morgan fingerprint density at radius 2 is 1.74 bits per heavy atom. The number of nitrogens with zero attached hydrogens (tertiary/aromatic N) is 1. The summed E-state index contributed by atoms with van der Waals surface area (Å²) in [6.07, 6.45) is 7.88. The Morgan fingerprint density at radius 3 is 2.47 bits per heavy atom. The predicted molar refractivity (Wildman–Crippen MR) is 271 cm³/mol. The van der Waals surface area contributed by atoms with Crippen molar-refractivity contribution in [1.82, 2.24) is 0 Å². The molecule has 72 heavy (non-hydrogen) atoms. The third-order valence-electron chi connectivity index (χ3n) is 17.3. The number of phenols is 1. The molecule has 13 atom stereocenters. The van der Waals surface area contributed by atoms with Gasteiger partial charge in [0, 0.05) is 42.7 Å². The van der Waals surface area contributed by atoms with Gasteiger partial charge in [-0.05, 0) is 170 Å². The molecule has 10 bridgehead atoms. The minimum absolute atomic E-state index is 0. The molecule has 2 fully saturated rings. The summed E-state index contributed by atoms with van der Waals surface area (Å²) in [5.41, 5.74) is 17.0. The average molecular weight is 1010 g/mol. The molecule has 1 saturated heterocycles. The van der Waals surface area contributed by atoms with E-state index < -0.39 is 50.6 Å². The minimum Gasteiger partial charge on any atom is -0.748 e. The molecule has 8 N–H and O–H groups in total. The van der Waals surface area contributed by atoms with E-state index in [-0.39, 0.29) is 109 Å². The summed E-state index contributed by atoms with van der Waals surface area (Å²) in [6, 6.07) is 29.1. The van der Waals surface area contributed by atoms with Crippen molar-refractivity contribution < 1.29 is 72.4 Å². The summed E-state index contributed by atoms with van der Waals surface area (Å²) in [4.78, 5) is 4.97. The number of fused-ring (bicyclic) bond motifs is 9. The van der Waals surface area contributed by atoms with Gasteiger partial charge in [0.05, 0.1) is 27.1 Å². The van der Waals surface area contributed by atoms with Crippen LogP contribution in [0.4, 0.5) is 0 Å². The molecule has 0 spiro atoms. The number of aliphatic imine (C=N–C) groups is 1. The number of allylic oxidation sites excluding steroid dienone is 1. The summed E-state index contributed by atoms with van der Waals surface area (Å²) in [6.45, 7) is 1.89. The van der Waals surface area contributed by atoms with E-state index >= 15 is 0 Å². The van der Waals surface area contributed by atoms with Crippen molar-refractivity contribution in [2.75, 3.05) is 13.2 Å². The number of ether oxygens (including phenoxy) is 2. The number of benzene rings is 4. The van der Waals surface area contributed by atoms with Crippen LogP contribution in [0.15, 0.2) is 108 Å². The van der Waals surface area contributed by atoms with Crippen molar-refractivity contribution in [1.29, 1.82) is 0 Å². The van der Waals surface area contributed by atoms with E-state index in [0.29, 0.717) is 61.8 Å². The molecular formula is C58H68N3NaO9S. The molecule has 0 amide bonds. The topological polar surface area (TPSA) is 221 Å². The fraction of sp³-hybridized carbons (Fsp3) is 0.500. The summed E-state index contributed by atoms with van der Waals surface area (Å²) in [5.74, 6) is 4.87. The molecule has 0 aromatic heterocycles. The number of aliphatic hydroxyl groups is 3. The maximum atomic E-state index is 14.2. The third-order valence-corrected chi connectivity index (χ3v) is 18.5. The maximum Gasteiger partial charge on any atom is 1.00 e. The quantitative estimate of drug-likeness (QED) is 0.0311. The van der Waals surface area contributed by atoms with Gasteiger partial charge in [-0.15, -0.1) is 0 Å². The number of phenolic OH excluding ortho intramolecular Hbond substituents is 1. The van der Waals surface area contributed by atoms with Gasteiger partial charge in [0.2, 0.25) is 5.72 Å². The molecule has 8 aliphatic rings. The van der Waals surface area contributed by atoms with E-state index in [2.05, 4.69) is 30.9 Å². The van der Waals surface area contributed by atoms with E-state index in [0.717, 1.165) is 47.1 Å². The van der Waals surface area contributed by atoms with Gasteiger partial charge < -0.3 is 45.9 Å². The van der Waals surface area contributed by atoms with Gasteiger partial charge in [0.25, 0.3) is 0 Å². The molecule has 13 unspecified atom stereocenters. The van der Waals surface area contributed by atoms with E-state index in [1.165, 1.54) is 5.56 Å². The fourth-order valence-corrected chi connectivity index (χ4v) is 15.0. The second kappa shape index (κ2) is 21.6. The van der Waals surface area contributed by atoms with Crippen LogP contribution in [0.3, 0.4) is 0 Å². The van der Waals surface area contributed by atoms with Crippen LogP contribution in [-0.4, -0.2) is 69.5 Å². The van der Waals surface area contributed by atoms with E-state index in [9.17, 15) is 33.4 Å². The first-order chi connectivity index (χ1) is 34.1. The SMILES string of the molecule is CC1CCc2cc3ccc2C1CC(S(=O)(=O)[O-])C1C=C2CC(CC4CC(CO)CC#Cc5cc(O)ccc5C2O4)C1c1ccc(cc1)C(CC(CCO)C1(O)CCC(Cc2ccccc2)C1)(N=C(N)N)O3.[Na+]. The molecule has 376 valence electrons. The summed E-state index contributed by atoms with van der Waals surface area (Å²) in [5, 5.41) is 43.3. The molecule has 4 aromatic rings. The molecule has 12 rings (SSSR count). The molecule has 0 radical (unpaired) electrons. The number of guanidine groups is 1. The first kappa shape index (κ1) is 52.7. The van der Waals surface area contributed by atoms with Crippen LogP contribution in [-0.2, 0) is 33.4 Å². The van der Waals surface area contributed by atoms with Crippen molar-refractivity contribution in [2.24, 2.45) is 52.0 Å². The zero-order valence-electron chi connectivity index (χ0n) is 41.5. The summed E-state index contributed by atoms with van der Waals surface area (Å²) >= 11 is 0. The van der Waals surface area contributed by atoms with E-state index in [1.54, 1.807) is 12.1 Å². The van der Waals surface area contributed by atoms with Gasteiger partial charge in [-0.3, -0.25) is 0 Å². The van der Waals surface area contributed by atoms with Crippen LogP contribution in [0.1, 0.15) is 134 Å². The number of aryl methyl sites for hydroxylation is 1. The zero-order chi connectivity index (χ0) is 49.7. The first-order valence-electron chi connectivity index (χ1n) is 25.8. The Balaban J connectivity index is 0.00000640. The van der Waals surface area contributed by atoms with Crippen LogP contribution in [0, 0.1) is 47.3 Å². The summed E-state index contributed by atoms with van der Waals surface area (Å²) < 4.78 is 56.8.